The van der Waals surface area contributed by atoms with Gasteiger partial charge in [-0.1, -0.05) is 0 Å². The second kappa shape index (κ2) is 4.05. The van der Waals surface area contributed by atoms with Gasteiger partial charge in [-0.15, -0.1) is 0 Å². The van der Waals surface area contributed by atoms with Gasteiger partial charge in [0.05, 0.1) is 13.2 Å². The van der Waals surface area contributed by atoms with Gasteiger partial charge >= 0.3 is 0 Å². The van der Waals surface area contributed by atoms with Crippen molar-refractivity contribution in [2.75, 3.05) is 7.11 Å². The molecule has 0 aliphatic heterocycles. The zero-order chi connectivity index (χ0) is 8.10. The van der Waals surface area contributed by atoms with Gasteiger partial charge in [-0.2, -0.15) is 0 Å². The quantitative estimate of drug-likeness (QED) is 0.695. The zero-order valence-corrected chi connectivity index (χ0v) is 6.45. The van der Waals surface area contributed by atoms with E-state index in [1.165, 1.54) is 0 Å². The van der Waals surface area contributed by atoms with Gasteiger partial charge in [0.1, 0.15) is 0 Å². The van der Waals surface area contributed by atoms with Crippen LogP contribution in [0.15, 0.2) is 18.5 Å². The molecule has 1 heterocycles. The van der Waals surface area contributed by atoms with Crippen LogP contribution in [0.5, 0.6) is 0 Å². The predicted molar refractivity (Wildman–Crippen MR) is 40.9 cm³/mol. The Hall–Kier alpha value is -0.930. The van der Waals surface area contributed by atoms with Crippen molar-refractivity contribution in [3.05, 3.63) is 29.6 Å². The minimum absolute atomic E-state index is 0.0429. The second-order valence-corrected chi connectivity index (χ2v) is 2.24. The Balaban J connectivity index is 2.83. The Kier molecular flexibility index (Phi) is 3.01. The van der Waals surface area contributed by atoms with Crippen LogP contribution in [-0.4, -0.2) is 17.2 Å². The lowest BCUT2D eigenvalue weighted by Gasteiger charge is -2.03. The molecule has 0 saturated heterocycles. The smallest absolute Gasteiger partial charge is 0.0731 e. The van der Waals surface area contributed by atoms with Crippen LogP contribution in [0.2, 0.25) is 0 Å². The minimum Gasteiger partial charge on any atom is -0.392 e. The topological polar surface area (TPSA) is 42.4 Å². The third-order valence-electron chi connectivity index (χ3n) is 1.47. The summed E-state index contributed by atoms with van der Waals surface area (Å²) in [7, 11) is 1.62. The minimum atomic E-state index is 0.0429. The van der Waals surface area contributed by atoms with Crippen molar-refractivity contribution >= 4 is 0 Å². The largest absolute Gasteiger partial charge is 0.392 e. The Bertz CT molecular complexity index is 225. The lowest BCUT2D eigenvalue weighted by atomic mass is 10.2. The molecule has 0 fully saturated rings. The zero-order valence-electron chi connectivity index (χ0n) is 6.45. The number of aliphatic hydroxyl groups excluding tert-OH is 1. The van der Waals surface area contributed by atoms with E-state index in [-0.39, 0.29) is 6.61 Å². The second-order valence-electron chi connectivity index (χ2n) is 2.24. The highest BCUT2D eigenvalue weighted by atomic mass is 16.5. The highest BCUT2D eigenvalue weighted by molar-refractivity contribution is 5.21. The first-order valence-corrected chi connectivity index (χ1v) is 3.40. The van der Waals surface area contributed by atoms with Crippen LogP contribution < -0.4 is 0 Å². The first-order valence-electron chi connectivity index (χ1n) is 3.40. The number of aromatic nitrogens is 1. The number of ether oxygens (including phenoxy) is 1. The maximum Gasteiger partial charge on any atom is 0.0731 e. The van der Waals surface area contributed by atoms with Crippen LogP contribution in [0.25, 0.3) is 0 Å². The fraction of sp³-hybridized carbons (Fsp3) is 0.375. The number of pyridine rings is 1. The third-order valence-corrected chi connectivity index (χ3v) is 1.47. The SMILES string of the molecule is COCc1cnccc1CO. The van der Waals surface area contributed by atoms with Crippen molar-refractivity contribution in [2.45, 2.75) is 13.2 Å². The average Bonchev–Trinajstić information content (AvgIpc) is 2.06. The number of aliphatic hydroxyl groups is 1. The molecule has 0 radical (unpaired) electrons. The summed E-state index contributed by atoms with van der Waals surface area (Å²) in [6, 6.07) is 1.79. The summed E-state index contributed by atoms with van der Waals surface area (Å²) < 4.78 is 4.92. The molecule has 1 N–H and O–H groups in total. The van der Waals surface area contributed by atoms with Gasteiger partial charge in [-0.05, 0) is 11.6 Å². The van der Waals surface area contributed by atoms with Gasteiger partial charge in [-0.25, -0.2) is 0 Å². The van der Waals surface area contributed by atoms with Gasteiger partial charge in [-0.3, -0.25) is 4.98 Å². The molecule has 0 atom stereocenters. The van der Waals surface area contributed by atoms with Gasteiger partial charge in [0.15, 0.2) is 0 Å². The van der Waals surface area contributed by atoms with E-state index >= 15 is 0 Å². The van der Waals surface area contributed by atoms with Crippen molar-refractivity contribution in [2.24, 2.45) is 0 Å². The summed E-state index contributed by atoms with van der Waals surface area (Å²) in [5.74, 6) is 0. The van der Waals surface area contributed by atoms with Gasteiger partial charge < -0.3 is 9.84 Å². The molecule has 1 aromatic heterocycles. The maximum absolute atomic E-state index is 8.86. The van der Waals surface area contributed by atoms with Crippen LogP contribution >= 0.6 is 0 Å². The fourth-order valence-electron chi connectivity index (χ4n) is 0.896. The van der Waals surface area contributed by atoms with Crippen molar-refractivity contribution < 1.29 is 9.84 Å². The van der Waals surface area contributed by atoms with Gasteiger partial charge in [0.25, 0.3) is 0 Å². The third kappa shape index (κ3) is 2.00. The number of methoxy groups -OCH3 is 1. The van der Waals surface area contributed by atoms with E-state index in [0.717, 1.165) is 11.1 Å². The van der Waals surface area contributed by atoms with E-state index in [2.05, 4.69) is 4.98 Å². The Morgan fingerprint density at radius 1 is 1.55 bits per heavy atom. The van der Waals surface area contributed by atoms with E-state index in [1.807, 2.05) is 0 Å². The molecule has 0 aliphatic rings. The van der Waals surface area contributed by atoms with E-state index in [0.29, 0.717) is 6.61 Å². The van der Waals surface area contributed by atoms with Crippen LogP contribution in [-0.2, 0) is 18.0 Å². The molecule has 3 heteroatoms. The van der Waals surface area contributed by atoms with Crippen LogP contribution in [0.4, 0.5) is 0 Å². The molecular weight excluding hydrogens is 142 g/mol. The highest BCUT2D eigenvalue weighted by Gasteiger charge is 1.98. The van der Waals surface area contributed by atoms with Gasteiger partial charge in [0.2, 0.25) is 0 Å². The monoisotopic (exact) mass is 153 g/mol. The maximum atomic E-state index is 8.86. The fourth-order valence-corrected chi connectivity index (χ4v) is 0.896. The highest BCUT2D eigenvalue weighted by Crippen LogP contribution is 2.06. The Labute approximate surface area is 65.7 Å². The number of hydrogen-bond donors (Lipinski definition) is 1. The molecule has 60 valence electrons. The summed E-state index contributed by atoms with van der Waals surface area (Å²) in [5.41, 5.74) is 1.82. The number of nitrogens with zero attached hydrogens (tertiary/aromatic N) is 1. The molecule has 0 amide bonds. The molecule has 0 unspecified atom stereocenters. The number of hydrogen-bond acceptors (Lipinski definition) is 3. The summed E-state index contributed by atoms with van der Waals surface area (Å²) in [6.07, 6.45) is 3.36. The van der Waals surface area contributed by atoms with Crippen LogP contribution in [0.1, 0.15) is 11.1 Å². The summed E-state index contributed by atoms with van der Waals surface area (Å²) >= 11 is 0. The molecule has 1 aromatic rings. The standard InChI is InChI=1S/C8H11NO2/c1-11-6-8-4-9-3-2-7(8)5-10/h2-4,10H,5-6H2,1H3. The van der Waals surface area contributed by atoms with E-state index in [9.17, 15) is 0 Å². The average molecular weight is 153 g/mol. The van der Waals surface area contributed by atoms with Crippen molar-refractivity contribution in [3.8, 4) is 0 Å². The van der Waals surface area contributed by atoms with Crippen molar-refractivity contribution in [1.82, 2.24) is 4.98 Å². The molecule has 0 spiro atoms. The summed E-state index contributed by atoms with van der Waals surface area (Å²) in [5, 5.41) is 8.86. The first-order chi connectivity index (χ1) is 5.38. The van der Waals surface area contributed by atoms with Crippen molar-refractivity contribution in [3.63, 3.8) is 0 Å². The molecule has 0 saturated carbocycles. The van der Waals surface area contributed by atoms with Crippen LogP contribution in [0, 0.1) is 0 Å². The Morgan fingerprint density at radius 3 is 3.00 bits per heavy atom. The molecule has 11 heavy (non-hydrogen) atoms. The van der Waals surface area contributed by atoms with Gasteiger partial charge in [0, 0.05) is 25.1 Å². The van der Waals surface area contributed by atoms with Crippen LogP contribution in [0.3, 0.4) is 0 Å². The molecule has 3 nitrogen and oxygen atoms in total. The number of rotatable bonds is 3. The molecular formula is C8H11NO2. The lowest BCUT2D eigenvalue weighted by Crippen LogP contribution is -1.96. The summed E-state index contributed by atoms with van der Waals surface area (Å²) in [6.45, 7) is 0.547. The molecule has 0 aliphatic carbocycles. The molecule has 0 aromatic carbocycles. The lowest BCUT2D eigenvalue weighted by molar-refractivity contribution is 0.181. The predicted octanol–water partition coefficient (Wildman–Crippen LogP) is 0.720. The molecule has 1 rings (SSSR count). The first kappa shape index (κ1) is 8.17. The van der Waals surface area contributed by atoms with E-state index in [4.69, 9.17) is 9.84 Å². The van der Waals surface area contributed by atoms with Crippen molar-refractivity contribution in [1.29, 1.82) is 0 Å². The summed E-state index contributed by atoms with van der Waals surface area (Å²) in [4.78, 5) is 3.92. The van der Waals surface area contributed by atoms with E-state index in [1.54, 1.807) is 25.6 Å². The molecule has 0 bridgehead atoms. The Morgan fingerprint density at radius 2 is 2.36 bits per heavy atom. The normalized spacial score (nSPS) is 10.0. The van der Waals surface area contributed by atoms with E-state index < -0.39 is 0 Å².